The zero-order valence-electron chi connectivity index (χ0n) is 21.0. The summed E-state index contributed by atoms with van der Waals surface area (Å²) >= 11 is 0.299. The van der Waals surface area contributed by atoms with Crippen molar-refractivity contribution in [1.82, 2.24) is 0 Å². The Morgan fingerprint density at radius 1 is 0.710 bits per heavy atom. The van der Waals surface area contributed by atoms with Crippen LogP contribution in [0.4, 0.5) is 0 Å². The van der Waals surface area contributed by atoms with Gasteiger partial charge in [0.2, 0.25) is 0 Å². The molecular formula is C25H49O4Sn2+3. The molecule has 1 aromatic carbocycles. The van der Waals surface area contributed by atoms with Crippen LogP contribution in [0.1, 0.15) is 95.0 Å². The first kappa shape index (κ1) is 38.5. The molecule has 0 aliphatic rings. The number of carboxylic acid groups (broad SMARTS) is 1. The van der Waals surface area contributed by atoms with Gasteiger partial charge in [-0.3, -0.25) is 0 Å². The number of hydrogen-bond donors (Lipinski definition) is 2. The molecule has 0 aliphatic heterocycles. The average molecular weight is 651 g/mol. The van der Waals surface area contributed by atoms with Gasteiger partial charge in [-0.1, -0.05) is 17.7 Å². The van der Waals surface area contributed by atoms with Crippen LogP contribution < -0.4 is 0 Å². The van der Waals surface area contributed by atoms with E-state index in [1.807, 2.05) is 6.92 Å². The van der Waals surface area contributed by atoms with Gasteiger partial charge in [-0.05, 0) is 19.1 Å². The maximum absolute atomic E-state index is 10.3. The van der Waals surface area contributed by atoms with Crippen molar-refractivity contribution in [2.75, 3.05) is 7.11 Å². The van der Waals surface area contributed by atoms with Crippen LogP contribution in [0.2, 0.25) is 17.7 Å². The van der Waals surface area contributed by atoms with Crippen molar-refractivity contribution in [3.8, 4) is 0 Å². The predicted molar refractivity (Wildman–Crippen MR) is 139 cm³/mol. The standard InChI is InChI=1S/C8H8O2.4C4H9.CH4O.H2O.2Sn/c1-6-2-4-7(5-3-6)8(9)10;4*1-3-4-2;1-2;;;/h2-5H,1H3,(H,9,10);4*1,3-4H2,2H3;2H,1H3;1H2;;/q;;;;;;;2*+2/p-1. The third-order valence-corrected chi connectivity index (χ3v) is 12.2. The van der Waals surface area contributed by atoms with Gasteiger partial charge in [-0.2, -0.15) is 0 Å². The predicted octanol–water partition coefficient (Wildman–Crippen LogP) is 7.38. The molecule has 4 nitrogen and oxygen atoms in total. The minimum absolute atomic E-state index is 0. The van der Waals surface area contributed by atoms with Crippen LogP contribution in [0.3, 0.4) is 0 Å². The Morgan fingerprint density at radius 3 is 1.23 bits per heavy atom. The number of aryl methyl sites for hydroxylation is 1. The van der Waals surface area contributed by atoms with Gasteiger partial charge in [0.1, 0.15) is 0 Å². The molecule has 0 spiro atoms. The molecule has 0 bridgehead atoms. The maximum Gasteiger partial charge on any atom is 0.335 e. The quantitative estimate of drug-likeness (QED) is 0.172. The summed E-state index contributed by atoms with van der Waals surface area (Å²) in [7, 11) is 1.00. The molecular weight excluding hydrogens is 602 g/mol. The van der Waals surface area contributed by atoms with Gasteiger partial charge in [0.15, 0.2) is 0 Å². The third kappa shape index (κ3) is 35.0. The summed E-state index contributed by atoms with van der Waals surface area (Å²) in [4.78, 5) is 10.3. The van der Waals surface area contributed by atoms with Crippen LogP contribution >= 0.6 is 0 Å². The van der Waals surface area contributed by atoms with E-state index in [9.17, 15) is 4.79 Å². The molecule has 178 valence electrons. The van der Waals surface area contributed by atoms with Gasteiger partial charge < -0.3 is 15.7 Å². The second-order valence-corrected chi connectivity index (χ2v) is 15.6. The van der Waals surface area contributed by atoms with Crippen LogP contribution in [-0.2, 0) is 0 Å². The number of rotatable bonds is 13. The number of carboxylic acids is 1. The van der Waals surface area contributed by atoms with E-state index in [4.69, 9.17) is 10.2 Å². The maximum atomic E-state index is 10.3. The zero-order chi connectivity index (χ0) is 23.5. The van der Waals surface area contributed by atoms with E-state index in [0.29, 0.717) is 5.56 Å². The van der Waals surface area contributed by atoms with Crippen LogP contribution in [-0.4, -0.2) is 71.1 Å². The summed E-state index contributed by atoms with van der Waals surface area (Å²) in [6.45, 7) is 11.1. The van der Waals surface area contributed by atoms with Crippen molar-refractivity contribution < 1.29 is 20.5 Å². The molecule has 0 unspecified atom stereocenters. The molecule has 31 heavy (non-hydrogen) atoms. The summed E-state index contributed by atoms with van der Waals surface area (Å²) in [5, 5.41) is 15.5. The molecule has 0 fully saturated rings. The zero-order valence-corrected chi connectivity index (χ0v) is 26.8. The molecule has 0 amide bonds. The number of hydrogen-bond acceptors (Lipinski definition) is 3. The summed E-state index contributed by atoms with van der Waals surface area (Å²) < 4.78 is 6.50. The average Bonchev–Trinajstić information content (AvgIpc) is 2.76. The minimum Gasteiger partial charge on any atom is -0.870 e. The Labute approximate surface area is 213 Å². The fraction of sp³-hybridized carbons (Fsp3) is 0.720. The van der Waals surface area contributed by atoms with Crippen LogP contribution in [0.15, 0.2) is 24.3 Å². The molecule has 0 aromatic heterocycles. The van der Waals surface area contributed by atoms with Crippen molar-refractivity contribution in [1.29, 1.82) is 0 Å². The Balaban J connectivity index is -0.000000167. The van der Waals surface area contributed by atoms with E-state index in [0.717, 1.165) is 12.7 Å². The number of aliphatic hydroxyl groups excluding tert-OH is 1. The minimum atomic E-state index is -0.875. The van der Waals surface area contributed by atoms with Crippen LogP contribution in [0, 0.1) is 6.92 Å². The molecule has 0 saturated carbocycles. The van der Waals surface area contributed by atoms with E-state index in [1.165, 1.54) is 51.4 Å². The van der Waals surface area contributed by atoms with Crippen LogP contribution in [0.5, 0.6) is 0 Å². The second kappa shape index (κ2) is 34.8. The van der Waals surface area contributed by atoms with Crippen LogP contribution in [0.25, 0.3) is 0 Å². The summed E-state index contributed by atoms with van der Waals surface area (Å²) in [6.07, 6.45) is 11.7. The largest absolute Gasteiger partial charge is 0.870 e. The Bertz CT molecular complexity index is 414. The fourth-order valence-electron chi connectivity index (χ4n) is 2.15. The van der Waals surface area contributed by atoms with E-state index in [2.05, 4.69) is 27.7 Å². The van der Waals surface area contributed by atoms with Gasteiger partial charge in [-0.15, -0.1) is 0 Å². The topological polar surface area (TPSA) is 87.5 Å². The number of benzene rings is 1. The van der Waals surface area contributed by atoms with E-state index in [1.54, 1.807) is 42.0 Å². The van der Waals surface area contributed by atoms with E-state index < -0.39 is 5.97 Å². The Morgan fingerprint density at radius 2 is 1.00 bits per heavy atom. The second-order valence-electron chi connectivity index (χ2n) is 7.09. The molecule has 6 heteroatoms. The molecule has 1 rings (SSSR count). The van der Waals surface area contributed by atoms with Gasteiger partial charge >= 0.3 is 145 Å². The third-order valence-electron chi connectivity index (χ3n) is 4.13. The Kier molecular flexibility index (Phi) is 43.2. The van der Waals surface area contributed by atoms with Gasteiger partial charge in [0, 0.05) is 7.11 Å². The monoisotopic (exact) mass is 653 g/mol. The van der Waals surface area contributed by atoms with Gasteiger partial charge in [-0.25, -0.2) is 4.79 Å². The van der Waals surface area contributed by atoms with Crippen molar-refractivity contribution in [3.63, 3.8) is 0 Å². The molecule has 0 atom stereocenters. The number of aromatic carboxylic acids is 1. The first-order chi connectivity index (χ1) is 14.5. The normalized spacial score (nSPS) is 8.48. The molecule has 1 aromatic rings. The SMILES string of the molecule is CCC[CH2][Sn+2][CH2]CCC.CCC[CH2][Sn+2][CH2]CCC.CO.Cc1ccc(C(=O)O)cc1.[OH-]. The molecule has 0 radical (unpaired) electrons. The van der Waals surface area contributed by atoms with Crippen molar-refractivity contribution >= 4 is 48.3 Å². The van der Waals surface area contributed by atoms with Gasteiger partial charge in [0.05, 0.1) is 5.56 Å². The Hall–Kier alpha value is 0.207. The van der Waals surface area contributed by atoms with Crippen molar-refractivity contribution in [2.24, 2.45) is 0 Å². The molecule has 3 N–H and O–H groups in total. The smallest absolute Gasteiger partial charge is 0.335 e. The van der Waals surface area contributed by atoms with Gasteiger partial charge in [0.25, 0.3) is 0 Å². The van der Waals surface area contributed by atoms with E-state index in [-0.39, 0.29) is 47.8 Å². The molecule has 0 aliphatic carbocycles. The first-order valence-electron chi connectivity index (χ1n) is 11.7. The molecule has 0 saturated heterocycles. The summed E-state index contributed by atoms with van der Waals surface area (Å²) in [5.41, 5.74) is 1.41. The first-order valence-corrected chi connectivity index (χ1v) is 19.8. The number of aliphatic hydroxyl groups is 1. The summed E-state index contributed by atoms with van der Waals surface area (Å²) in [5.74, 6) is -0.875. The van der Waals surface area contributed by atoms with Crippen molar-refractivity contribution in [2.45, 2.75) is 104 Å². The number of unbranched alkanes of at least 4 members (excludes halogenated alkanes) is 4. The van der Waals surface area contributed by atoms with Crippen molar-refractivity contribution in [3.05, 3.63) is 35.4 Å². The number of carbonyl (C=O) groups is 1. The fourth-order valence-corrected chi connectivity index (χ4v) is 10.5. The molecule has 0 heterocycles. The summed E-state index contributed by atoms with van der Waals surface area (Å²) in [6, 6.07) is 6.75. The van der Waals surface area contributed by atoms with E-state index >= 15 is 0 Å².